The molecule has 2 aliphatic heterocycles. The van der Waals surface area contributed by atoms with Crippen molar-refractivity contribution in [1.29, 1.82) is 0 Å². The molecule has 5 rings (SSSR count). The smallest absolute Gasteiger partial charge is 0.416 e. The van der Waals surface area contributed by atoms with Gasteiger partial charge < -0.3 is 19.0 Å². The summed E-state index contributed by atoms with van der Waals surface area (Å²) in [6, 6.07) is 16.8. The van der Waals surface area contributed by atoms with Gasteiger partial charge >= 0.3 is 6.18 Å². The van der Waals surface area contributed by atoms with E-state index >= 15 is 0 Å². The first-order valence-corrected chi connectivity index (χ1v) is 12.4. The summed E-state index contributed by atoms with van der Waals surface area (Å²) in [5.74, 6) is 0.641. The lowest BCUT2D eigenvalue weighted by Crippen LogP contribution is -2.48. The second kappa shape index (κ2) is 10.5. The van der Waals surface area contributed by atoms with Crippen LogP contribution in [0, 0.1) is 5.92 Å². The minimum Gasteiger partial charge on any atom is -0.497 e. The molecular formula is C28H30F3N3O3. The van der Waals surface area contributed by atoms with Crippen LogP contribution in [0.1, 0.15) is 27.6 Å². The van der Waals surface area contributed by atoms with Crippen molar-refractivity contribution in [3.05, 3.63) is 83.8 Å². The highest BCUT2D eigenvalue weighted by molar-refractivity contribution is 5.91. The number of rotatable bonds is 6. The molecule has 0 bridgehead atoms. The zero-order chi connectivity index (χ0) is 26.0. The molecule has 2 aromatic carbocycles. The molecule has 9 heteroatoms. The van der Waals surface area contributed by atoms with Crippen molar-refractivity contribution < 1.29 is 27.1 Å². The molecule has 6 nitrogen and oxygen atoms in total. The van der Waals surface area contributed by atoms with Gasteiger partial charge in [0.2, 0.25) is 0 Å². The number of alkyl halides is 3. The number of amides is 1. The average Bonchev–Trinajstić information content (AvgIpc) is 3.59. The van der Waals surface area contributed by atoms with E-state index in [0.29, 0.717) is 25.2 Å². The molecular weight excluding hydrogens is 483 g/mol. The highest BCUT2D eigenvalue weighted by Gasteiger charge is 2.39. The third-order valence-corrected chi connectivity index (χ3v) is 7.39. The molecule has 0 radical (unpaired) electrons. The van der Waals surface area contributed by atoms with Gasteiger partial charge in [-0.25, -0.2) is 0 Å². The van der Waals surface area contributed by atoms with E-state index in [0.717, 1.165) is 43.7 Å². The summed E-state index contributed by atoms with van der Waals surface area (Å²) in [4.78, 5) is 19.4. The molecule has 37 heavy (non-hydrogen) atoms. The minimum absolute atomic E-state index is 0.00534. The Balaban J connectivity index is 1.31. The van der Waals surface area contributed by atoms with E-state index in [9.17, 15) is 18.0 Å². The lowest BCUT2D eigenvalue weighted by molar-refractivity contribution is -0.137. The quantitative estimate of drug-likeness (QED) is 0.465. The predicted octanol–water partition coefficient (Wildman–Crippen LogP) is 4.99. The van der Waals surface area contributed by atoms with Crippen LogP contribution in [0.25, 0.3) is 0 Å². The third kappa shape index (κ3) is 5.61. The largest absolute Gasteiger partial charge is 0.497 e. The van der Waals surface area contributed by atoms with Crippen LogP contribution in [-0.4, -0.2) is 68.6 Å². The van der Waals surface area contributed by atoms with Crippen LogP contribution in [0.15, 0.2) is 71.3 Å². The molecule has 3 heterocycles. The zero-order valence-corrected chi connectivity index (χ0v) is 20.7. The number of anilines is 1. The Morgan fingerprint density at radius 3 is 2.49 bits per heavy atom. The van der Waals surface area contributed by atoms with Crippen LogP contribution in [-0.2, 0) is 6.18 Å². The summed E-state index contributed by atoms with van der Waals surface area (Å²) in [5, 5.41) is 0. The number of hydrogen-bond donors (Lipinski definition) is 0. The highest BCUT2D eigenvalue weighted by atomic mass is 19.4. The second-order valence-corrected chi connectivity index (χ2v) is 9.67. The first-order valence-electron chi connectivity index (χ1n) is 12.4. The maximum atomic E-state index is 13.4. The van der Waals surface area contributed by atoms with Gasteiger partial charge in [0.05, 0.1) is 18.9 Å². The Bertz CT molecular complexity index is 1210. The number of ether oxygens (including phenoxy) is 1. The van der Waals surface area contributed by atoms with Crippen molar-refractivity contribution in [2.45, 2.75) is 12.1 Å². The van der Waals surface area contributed by atoms with Gasteiger partial charge in [0.25, 0.3) is 5.91 Å². The van der Waals surface area contributed by atoms with Crippen molar-refractivity contribution in [3.8, 4) is 5.75 Å². The maximum absolute atomic E-state index is 13.4. The lowest BCUT2D eigenvalue weighted by Gasteiger charge is -2.38. The maximum Gasteiger partial charge on any atom is 0.416 e. The SMILES string of the molecule is COc1cccc(N2CCN(C[C@H]3CN(C(=O)c4ccco4)C[C@H]3c3cccc(C(F)(F)F)c3)CC2)c1. The summed E-state index contributed by atoms with van der Waals surface area (Å²) in [6.45, 7) is 4.86. The molecule has 1 aromatic heterocycles. The Labute approximate surface area is 214 Å². The fraction of sp³-hybridized carbons (Fsp3) is 0.393. The molecule has 2 fully saturated rings. The Hall–Kier alpha value is -3.46. The van der Waals surface area contributed by atoms with Gasteiger partial charge in [-0.15, -0.1) is 0 Å². The van der Waals surface area contributed by atoms with Crippen molar-refractivity contribution in [2.75, 3.05) is 57.8 Å². The predicted molar refractivity (Wildman–Crippen MR) is 134 cm³/mol. The topological polar surface area (TPSA) is 49.2 Å². The summed E-state index contributed by atoms with van der Waals surface area (Å²) in [6.07, 6.45) is -2.96. The summed E-state index contributed by atoms with van der Waals surface area (Å²) in [7, 11) is 1.65. The number of nitrogens with zero attached hydrogens (tertiary/aromatic N) is 3. The molecule has 2 aliphatic rings. The lowest BCUT2D eigenvalue weighted by atomic mass is 9.87. The van der Waals surface area contributed by atoms with Crippen LogP contribution in [0.2, 0.25) is 0 Å². The first kappa shape index (κ1) is 25.2. The standard InChI is InChI=1S/C28H30F3N3O3/c1-36-24-8-3-7-23(16-24)33-12-10-32(11-13-33)17-21-18-34(27(35)26-9-4-14-37-26)19-25(21)20-5-2-6-22(15-20)28(29,30)31/h2-9,14-16,21,25H,10-13,17-19H2,1H3/t21-,25-/m0/s1. The second-order valence-electron chi connectivity index (χ2n) is 9.67. The Morgan fingerprint density at radius 2 is 1.78 bits per heavy atom. The van der Waals surface area contributed by atoms with Gasteiger partial charge in [0.1, 0.15) is 5.75 Å². The Kier molecular flexibility index (Phi) is 7.15. The van der Waals surface area contributed by atoms with Gasteiger partial charge in [-0.1, -0.05) is 24.3 Å². The van der Waals surface area contributed by atoms with Crippen molar-refractivity contribution in [2.24, 2.45) is 5.92 Å². The number of benzene rings is 2. The molecule has 0 aliphatic carbocycles. The van der Waals surface area contributed by atoms with E-state index in [1.165, 1.54) is 18.4 Å². The monoisotopic (exact) mass is 513 g/mol. The van der Waals surface area contributed by atoms with E-state index < -0.39 is 11.7 Å². The molecule has 0 saturated carbocycles. The first-order chi connectivity index (χ1) is 17.8. The third-order valence-electron chi connectivity index (χ3n) is 7.39. The highest BCUT2D eigenvalue weighted by Crippen LogP contribution is 2.37. The number of furan rings is 1. The van der Waals surface area contributed by atoms with Gasteiger partial charge in [-0.05, 0) is 41.8 Å². The number of likely N-dealkylation sites (tertiary alicyclic amines) is 1. The van der Waals surface area contributed by atoms with Gasteiger partial charge in [0, 0.05) is 63.5 Å². The Morgan fingerprint density at radius 1 is 1.00 bits per heavy atom. The number of hydrogen-bond acceptors (Lipinski definition) is 5. The molecule has 1 amide bonds. The van der Waals surface area contributed by atoms with Crippen LogP contribution in [0.3, 0.4) is 0 Å². The van der Waals surface area contributed by atoms with Crippen molar-refractivity contribution in [1.82, 2.24) is 9.80 Å². The van der Waals surface area contributed by atoms with Crippen molar-refractivity contribution in [3.63, 3.8) is 0 Å². The number of carbonyl (C=O) groups is 1. The van der Waals surface area contributed by atoms with Crippen LogP contribution in [0.4, 0.5) is 18.9 Å². The molecule has 3 aromatic rings. The van der Waals surface area contributed by atoms with E-state index in [2.05, 4.69) is 15.9 Å². The molecule has 0 N–H and O–H groups in total. The molecule has 2 saturated heterocycles. The van der Waals surface area contributed by atoms with E-state index in [4.69, 9.17) is 9.15 Å². The molecule has 196 valence electrons. The fourth-order valence-electron chi connectivity index (χ4n) is 5.43. The van der Waals surface area contributed by atoms with Crippen LogP contribution in [0.5, 0.6) is 5.75 Å². The summed E-state index contributed by atoms with van der Waals surface area (Å²) >= 11 is 0. The van der Waals surface area contributed by atoms with Crippen LogP contribution >= 0.6 is 0 Å². The van der Waals surface area contributed by atoms with E-state index in [1.54, 1.807) is 30.2 Å². The zero-order valence-electron chi connectivity index (χ0n) is 20.7. The molecule has 0 unspecified atom stereocenters. The number of methoxy groups -OCH3 is 1. The number of halogens is 3. The normalized spacial score (nSPS) is 20.9. The van der Waals surface area contributed by atoms with E-state index in [1.807, 2.05) is 18.2 Å². The van der Waals surface area contributed by atoms with Gasteiger partial charge in [-0.2, -0.15) is 13.2 Å². The van der Waals surface area contributed by atoms with Crippen molar-refractivity contribution >= 4 is 11.6 Å². The van der Waals surface area contributed by atoms with Crippen LogP contribution < -0.4 is 9.64 Å². The summed E-state index contributed by atoms with van der Waals surface area (Å²) in [5.41, 5.74) is 1.06. The number of carbonyl (C=O) groups excluding carboxylic acids is 1. The van der Waals surface area contributed by atoms with Gasteiger partial charge in [0.15, 0.2) is 5.76 Å². The average molecular weight is 514 g/mol. The molecule has 2 atom stereocenters. The number of piperazine rings is 1. The minimum atomic E-state index is -4.41. The van der Waals surface area contributed by atoms with Gasteiger partial charge in [-0.3, -0.25) is 9.69 Å². The summed E-state index contributed by atoms with van der Waals surface area (Å²) < 4.78 is 51.0. The molecule has 0 spiro atoms. The van der Waals surface area contributed by atoms with E-state index in [-0.39, 0.29) is 23.5 Å². The fourth-order valence-corrected chi connectivity index (χ4v) is 5.43.